The van der Waals surface area contributed by atoms with Gasteiger partial charge in [-0.15, -0.1) is 11.3 Å². The van der Waals surface area contributed by atoms with Gasteiger partial charge in [0.25, 0.3) is 0 Å². The van der Waals surface area contributed by atoms with Crippen LogP contribution in [0.5, 0.6) is 0 Å². The fourth-order valence-corrected chi connectivity index (χ4v) is 2.45. The lowest BCUT2D eigenvalue weighted by Crippen LogP contribution is -2.18. The van der Waals surface area contributed by atoms with Gasteiger partial charge in [0.1, 0.15) is 0 Å². The van der Waals surface area contributed by atoms with E-state index in [9.17, 15) is 0 Å². The molecule has 1 aromatic rings. The molecule has 17 heavy (non-hydrogen) atoms. The molecule has 0 saturated heterocycles. The van der Waals surface area contributed by atoms with Crippen LogP contribution in [0.4, 0.5) is 0 Å². The van der Waals surface area contributed by atoms with Gasteiger partial charge in [-0.3, -0.25) is 0 Å². The maximum Gasteiger partial charge on any atom is 0.0540 e. The number of nitrogens with zero attached hydrogens (tertiary/aromatic N) is 1. The van der Waals surface area contributed by atoms with Crippen LogP contribution in [0.2, 0.25) is 0 Å². The Balaban J connectivity index is 2.54. The van der Waals surface area contributed by atoms with E-state index in [1.54, 1.807) is 11.3 Å². The van der Waals surface area contributed by atoms with Crippen molar-refractivity contribution in [3.05, 3.63) is 21.9 Å². The van der Waals surface area contributed by atoms with Gasteiger partial charge in [0.05, 0.1) is 6.61 Å². The minimum Gasteiger partial charge on any atom is -0.395 e. The highest BCUT2D eigenvalue weighted by Crippen LogP contribution is 2.17. The van der Waals surface area contributed by atoms with E-state index < -0.39 is 0 Å². The van der Waals surface area contributed by atoms with Crippen LogP contribution in [0.3, 0.4) is 0 Å². The summed E-state index contributed by atoms with van der Waals surface area (Å²) in [4.78, 5) is 3.67. The average molecular weight is 251 g/mol. The largest absolute Gasteiger partial charge is 0.395 e. The zero-order valence-electron chi connectivity index (χ0n) is 10.7. The number of unbranched alkanes of at least 4 members (excludes halogenated alkanes) is 1. The maximum atomic E-state index is 8.70. The summed E-state index contributed by atoms with van der Waals surface area (Å²) in [7, 11) is 2.15. The van der Waals surface area contributed by atoms with Gasteiger partial charge in [0.15, 0.2) is 0 Å². The molecule has 0 aliphatic carbocycles. The molecule has 1 heterocycles. The fraction of sp³-hybridized carbons (Fsp3) is 0.571. The summed E-state index contributed by atoms with van der Waals surface area (Å²) in [5.74, 6) is 6.11. The second-order valence-corrected chi connectivity index (χ2v) is 5.12. The van der Waals surface area contributed by atoms with Crippen molar-refractivity contribution in [3.63, 3.8) is 0 Å². The van der Waals surface area contributed by atoms with Gasteiger partial charge in [0.2, 0.25) is 0 Å². The first-order valence-electron chi connectivity index (χ1n) is 6.12. The Hall–Kier alpha value is -0.820. The van der Waals surface area contributed by atoms with Crippen LogP contribution in [-0.4, -0.2) is 30.2 Å². The molecular weight excluding hydrogens is 230 g/mol. The fourth-order valence-electron chi connectivity index (χ4n) is 1.54. The highest BCUT2D eigenvalue weighted by molar-refractivity contribution is 7.10. The van der Waals surface area contributed by atoms with Crippen molar-refractivity contribution in [2.24, 2.45) is 0 Å². The molecular formula is C14H21NOS. The Morgan fingerprint density at radius 2 is 2.29 bits per heavy atom. The molecule has 0 saturated carbocycles. The topological polar surface area (TPSA) is 23.5 Å². The lowest BCUT2D eigenvalue weighted by Gasteiger charge is -2.15. The van der Waals surface area contributed by atoms with E-state index in [0.717, 1.165) is 18.7 Å². The van der Waals surface area contributed by atoms with Crippen LogP contribution in [0, 0.1) is 11.8 Å². The summed E-state index contributed by atoms with van der Waals surface area (Å²) >= 11 is 1.76. The highest BCUT2D eigenvalue weighted by Gasteiger charge is 2.05. The number of hydrogen-bond donors (Lipinski definition) is 1. The molecule has 0 radical (unpaired) electrons. The molecule has 0 atom stereocenters. The van der Waals surface area contributed by atoms with E-state index in [2.05, 4.69) is 42.2 Å². The zero-order valence-corrected chi connectivity index (χ0v) is 11.5. The number of rotatable bonds is 6. The Kier molecular flexibility index (Phi) is 6.95. The molecule has 1 aromatic heterocycles. The summed E-state index contributed by atoms with van der Waals surface area (Å²) in [5.41, 5.74) is 1.12. The number of aliphatic hydroxyl groups excluding tert-OH is 1. The predicted molar refractivity (Wildman–Crippen MR) is 74.1 cm³/mol. The third kappa shape index (κ3) is 5.36. The van der Waals surface area contributed by atoms with Crippen LogP contribution in [0.25, 0.3) is 0 Å². The Bertz CT molecular complexity index is 375. The van der Waals surface area contributed by atoms with Crippen LogP contribution in [-0.2, 0) is 6.54 Å². The van der Waals surface area contributed by atoms with Gasteiger partial charge in [-0.05, 0) is 31.5 Å². The van der Waals surface area contributed by atoms with Gasteiger partial charge >= 0.3 is 0 Å². The minimum atomic E-state index is 0.142. The Labute approximate surface area is 108 Å². The average Bonchev–Trinajstić information content (AvgIpc) is 2.74. The van der Waals surface area contributed by atoms with Gasteiger partial charge in [-0.25, -0.2) is 0 Å². The van der Waals surface area contributed by atoms with Crippen molar-refractivity contribution in [1.82, 2.24) is 4.90 Å². The standard InChI is InChI=1S/C14H21NOS/c1-3-4-9-15(2)12-14-13(8-11-17-14)7-5-6-10-16/h8,11,16H,3-4,6,9-10,12H2,1-2H3. The first-order chi connectivity index (χ1) is 8.27. The molecule has 1 rings (SSSR count). The molecule has 0 aliphatic rings. The van der Waals surface area contributed by atoms with Crippen molar-refractivity contribution in [2.45, 2.75) is 32.7 Å². The van der Waals surface area contributed by atoms with E-state index in [1.165, 1.54) is 17.7 Å². The number of thiophene rings is 1. The van der Waals surface area contributed by atoms with Crippen LogP contribution >= 0.6 is 11.3 Å². The van der Waals surface area contributed by atoms with E-state index >= 15 is 0 Å². The molecule has 1 N–H and O–H groups in total. The molecule has 0 bridgehead atoms. The van der Waals surface area contributed by atoms with Crippen LogP contribution in [0.1, 0.15) is 36.6 Å². The first-order valence-corrected chi connectivity index (χ1v) is 7.00. The number of aliphatic hydroxyl groups is 1. The molecule has 0 spiro atoms. The normalized spacial score (nSPS) is 10.4. The highest BCUT2D eigenvalue weighted by atomic mass is 32.1. The third-order valence-electron chi connectivity index (χ3n) is 2.51. The van der Waals surface area contributed by atoms with Crippen molar-refractivity contribution in [2.75, 3.05) is 20.2 Å². The maximum absolute atomic E-state index is 8.70. The molecule has 0 aromatic carbocycles. The summed E-state index contributed by atoms with van der Waals surface area (Å²) < 4.78 is 0. The minimum absolute atomic E-state index is 0.142. The summed E-state index contributed by atoms with van der Waals surface area (Å²) in [5, 5.41) is 10.8. The van der Waals surface area contributed by atoms with Crippen molar-refractivity contribution in [1.29, 1.82) is 0 Å². The van der Waals surface area contributed by atoms with Gasteiger partial charge < -0.3 is 10.0 Å². The van der Waals surface area contributed by atoms with Gasteiger partial charge in [0, 0.05) is 23.4 Å². The van der Waals surface area contributed by atoms with Crippen molar-refractivity contribution in [3.8, 4) is 11.8 Å². The van der Waals surface area contributed by atoms with Crippen LogP contribution < -0.4 is 0 Å². The molecule has 0 aliphatic heterocycles. The van der Waals surface area contributed by atoms with Crippen molar-refractivity contribution >= 4 is 11.3 Å². The van der Waals surface area contributed by atoms with Crippen LogP contribution in [0.15, 0.2) is 11.4 Å². The van der Waals surface area contributed by atoms with Gasteiger partial charge in [-0.2, -0.15) is 0 Å². The molecule has 94 valence electrons. The smallest absolute Gasteiger partial charge is 0.0540 e. The quantitative estimate of drug-likeness (QED) is 0.786. The lowest BCUT2D eigenvalue weighted by atomic mass is 10.2. The third-order valence-corrected chi connectivity index (χ3v) is 3.42. The zero-order chi connectivity index (χ0) is 12.5. The SMILES string of the molecule is CCCCN(C)Cc1sccc1C#CCCO. The van der Waals surface area contributed by atoms with E-state index in [0.29, 0.717) is 6.42 Å². The number of hydrogen-bond acceptors (Lipinski definition) is 3. The van der Waals surface area contributed by atoms with E-state index in [4.69, 9.17) is 5.11 Å². The van der Waals surface area contributed by atoms with Gasteiger partial charge in [-0.1, -0.05) is 25.2 Å². The van der Waals surface area contributed by atoms with Crippen molar-refractivity contribution < 1.29 is 5.11 Å². The molecule has 2 nitrogen and oxygen atoms in total. The second kappa shape index (κ2) is 8.30. The summed E-state index contributed by atoms with van der Waals surface area (Å²) in [6, 6.07) is 2.07. The second-order valence-electron chi connectivity index (χ2n) is 4.12. The molecule has 0 unspecified atom stereocenters. The molecule has 0 amide bonds. The van der Waals surface area contributed by atoms with E-state index in [-0.39, 0.29) is 6.61 Å². The lowest BCUT2D eigenvalue weighted by molar-refractivity contribution is 0.305. The predicted octanol–water partition coefficient (Wildman–Crippen LogP) is 2.71. The summed E-state index contributed by atoms with van der Waals surface area (Å²) in [6.45, 7) is 4.46. The Morgan fingerprint density at radius 1 is 1.47 bits per heavy atom. The summed E-state index contributed by atoms with van der Waals surface area (Å²) in [6.07, 6.45) is 3.03. The molecule has 0 fully saturated rings. The Morgan fingerprint density at radius 3 is 3.00 bits per heavy atom. The molecule has 3 heteroatoms. The first kappa shape index (κ1) is 14.2. The monoisotopic (exact) mass is 251 g/mol. The van der Waals surface area contributed by atoms with E-state index in [1.807, 2.05) is 0 Å².